The number of fused-ring (bicyclic) bond motifs is 1. The summed E-state index contributed by atoms with van der Waals surface area (Å²) in [6, 6.07) is 12.1. The van der Waals surface area contributed by atoms with Gasteiger partial charge in [-0.1, -0.05) is 24.3 Å². The fourth-order valence-electron chi connectivity index (χ4n) is 6.06. The zero-order valence-corrected chi connectivity index (χ0v) is 28.6. The van der Waals surface area contributed by atoms with Crippen molar-refractivity contribution in [3.8, 4) is 0 Å². The summed E-state index contributed by atoms with van der Waals surface area (Å²) in [5, 5.41) is 10.7. The normalized spacial score (nSPS) is 21.3. The van der Waals surface area contributed by atoms with E-state index in [0.29, 0.717) is 25.1 Å². The maximum Gasteiger partial charge on any atom is 0.494 e. The Kier molecular flexibility index (Phi) is 9.87. The van der Waals surface area contributed by atoms with E-state index in [4.69, 9.17) is 19.8 Å². The number of aromatic nitrogens is 2. The highest BCUT2D eigenvalue weighted by Crippen LogP contribution is 2.36. The molecule has 1 aliphatic carbocycles. The van der Waals surface area contributed by atoms with Crippen LogP contribution in [0.1, 0.15) is 79.7 Å². The lowest BCUT2D eigenvalue weighted by molar-refractivity contribution is -0.130. The minimum absolute atomic E-state index is 0.222. The molecule has 2 aliphatic rings. The summed E-state index contributed by atoms with van der Waals surface area (Å²) in [5.74, 6) is -0.850. The van der Waals surface area contributed by atoms with Crippen LogP contribution in [0.25, 0.3) is 10.9 Å². The number of hydrogen-bond donors (Lipinski definition) is 3. The molecule has 2 heterocycles. The zero-order chi connectivity index (χ0) is 34.1. The molecule has 3 aromatic rings. The van der Waals surface area contributed by atoms with Crippen molar-refractivity contribution in [1.82, 2.24) is 15.5 Å². The first-order chi connectivity index (χ1) is 22.0. The average molecular weight is 646 g/mol. The number of nitrogens with zero attached hydrogens (tertiary/aromatic N) is 2. The summed E-state index contributed by atoms with van der Waals surface area (Å²) < 4.78 is 17.7. The van der Waals surface area contributed by atoms with Crippen molar-refractivity contribution in [2.45, 2.75) is 103 Å². The van der Waals surface area contributed by atoms with Gasteiger partial charge in [0.25, 0.3) is 5.91 Å². The number of carbonyl (C=O) groups is 3. The van der Waals surface area contributed by atoms with E-state index in [2.05, 4.69) is 15.5 Å². The molecule has 1 saturated heterocycles. The van der Waals surface area contributed by atoms with E-state index >= 15 is 0 Å². The molecule has 1 saturated carbocycles. The maximum absolute atomic E-state index is 14.1. The zero-order valence-electron chi connectivity index (χ0n) is 28.6. The standard InChI is InChI=1S/C35H48BN5O6/c1-33(2,3)45-32(44)38-20-23-8-12-24(13-9-23)30(42)41(27-17-14-25-21-39-40-29(25)19-27)31(43)28(37)18-22-10-15-26(16-11-22)36-46-34(4,5)35(6,7)47-36/h10-11,14-17,19,21,23-24,28H,8-9,12-13,18,20,37H2,1-7H3,(H,38,44)(H,39,40)/t23?,24?,28-/m0/s1. The van der Waals surface area contributed by atoms with Crippen LogP contribution in [0.4, 0.5) is 10.5 Å². The first kappa shape index (κ1) is 34.6. The Labute approximate surface area is 277 Å². The van der Waals surface area contributed by atoms with Crippen molar-refractivity contribution in [1.29, 1.82) is 0 Å². The minimum atomic E-state index is -0.950. The van der Waals surface area contributed by atoms with Gasteiger partial charge in [0, 0.05) is 17.8 Å². The predicted molar refractivity (Wildman–Crippen MR) is 182 cm³/mol. The summed E-state index contributed by atoms with van der Waals surface area (Å²) >= 11 is 0. The minimum Gasteiger partial charge on any atom is -0.444 e. The molecule has 1 aromatic heterocycles. The summed E-state index contributed by atoms with van der Waals surface area (Å²) in [7, 11) is -0.488. The molecular formula is C35H48BN5O6. The first-order valence-electron chi connectivity index (χ1n) is 16.5. The summed E-state index contributed by atoms with van der Waals surface area (Å²) in [6.07, 6.45) is 4.19. The Morgan fingerprint density at radius 2 is 1.68 bits per heavy atom. The molecule has 0 spiro atoms. The Hall–Kier alpha value is -3.74. The number of rotatable bonds is 8. The van der Waals surface area contributed by atoms with E-state index in [1.807, 2.05) is 78.8 Å². The van der Waals surface area contributed by atoms with Gasteiger partial charge in [-0.15, -0.1) is 0 Å². The third-order valence-electron chi connectivity index (χ3n) is 9.53. The number of ether oxygens (including phenoxy) is 1. The number of carbonyl (C=O) groups excluding carboxylic acids is 3. The van der Waals surface area contributed by atoms with E-state index in [0.717, 1.165) is 34.8 Å². The van der Waals surface area contributed by atoms with Crippen molar-refractivity contribution < 1.29 is 28.4 Å². The molecule has 1 atom stereocenters. The van der Waals surface area contributed by atoms with Crippen molar-refractivity contribution in [2.24, 2.45) is 17.6 Å². The molecular weight excluding hydrogens is 597 g/mol. The first-order valence-corrected chi connectivity index (χ1v) is 16.5. The lowest BCUT2D eigenvalue weighted by Gasteiger charge is -2.32. The molecule has 2 aromatic carbocycles. The second kappa shape index (κ2) is 13.4. The molecule has 252 valence electrons. The number of amides is 3. The quantitative estimate of drug-likeness (QED) is 0.301. The maximum atomic E-state index is 14.1. The predicted octanol–water partition coefficient (Wildman–Crippen LogP) is 4.62. The van der Waals surface area contributed by atoms with Crippen molar-refractivity contribution >= 4 is 47.1 Å². The topological polar surface area (TPSA) is 149 Å². The molecule has 0 radical (unpaired) electrons. The van der Waals surface area contributed by atoms with Crippen molar-refractivity contribution in [2.75, 3.05) is 11.4 Å². The van der Waals surface area contributed by atoms with Gasteiger partial charge in [0.15, 0.2) is 0 Å². The second-order valence-corrected chi connectivity index (χ2v) is 14.9. The van der Waals surface area contributed by atoms with Gasteiger partial charge in [0.05, 0.1) is 34.6 Å². The van der Waals surface area contributed by atoms with Crippen LogP contribution in [0.15, 0.2) is 48.7 Å². The van der Waals surface area contributed by atoms with Crippen molar-refractivity contribution in [3.05, 3.63) is 54.2 Å². The number of nitrogens with two attached hydrogens (primary N) is 1. The second-order valence-electron chi connectivity index (χ2n) is 14.9. The monoisotopic (exact) mass is 645 g/mol. The molecule has 47 heavy (non-hydrogen) atoms. The van der Waals surface area contributed by atoms with E-state index in [-0.39, 0.29) is 24.2 Å². The van der Waals surface area contributed by atoms with Crippen LogP contribution in [0, 0.1) is 11.8 Å². The number of hydrogen-bond acceptors (Lipinski definition) is 8. The Morgan fingerprint density at radius 3 is 2.30 bits per heavy atom. The highest BCUT2D eigenvalue weighted by molar-refractivity contribution is 6.62. The van der Waals surface area contributed by atoms with Gasteiger partial charge in [0.1, 0.15) is 5.60 Å². The summed E-state index contributed by atoms with van der Waals surface area (Å²) in [5.41, 5.74) is 8.00. The summed E-state index contributed by atoms with van der Waals surface area (Å²) in [4.78, 5) is 41.5. The smallest absolute Gasteiger partial charge is 0.444 e. The SMILES string of the molecule is CC(C)(C)OC(=O)NCC1CCC(C(=O)N(C(=O)[C@@H](N)Cc2ccc(B3OC(C)(C)C(C)(C)O3)cc2)c2ccc3cn[nH]c3c2)CC1. The van der Waals surface area contributed by atoms with Gasteiger partial charge >= 0.3 is 13.2 Å². The van der Waals surface area contributed by atoms with Crippen LogP contribution < -0.4 is 21.4 Å². The number of imide groups is 1. The molecule has 3 amide bonds. The van der Waals surface area contributed by atoms with Crippen LogP contribution in [-0.4, -0.2) is 64.6 Å². The average Bonchev–Trinajstić information content (AvgIpc) is 3.55. The molecule has 1 aliphatic heterocycles. The molecule has 2 fully saturated rings. The van der Waals surface area contributed by atoms with Gasteiger partial charge in [-0.2, -0.15) is 5.10 Å². The Balaban J connectivity index is 1.26. The van der Waals surface area contributed by atoms with Crippen LogP contribution in [0.2, 0.25) is 0 Å². The molecule has 12 heteroatoms. The molecule has 5 rings (SSSR count). The van der Waals surface area contributed by atoms with Crippen LogP contribution >= 0.6 is 0 Å². The fourth-order valence-corrected chi connectivity index (χ4v) is 6.06. The lowest BCUT2D eigenvalue weighted by Crippen LogP contribution is -2.50. The van der Waals surface area contributed by atoms with Gasteiger partial charge < -0.3 is 25.1 Å². The van der Waals surface area contributed by atoms with Gasteiger partial charge in [-0.25, -0.2) is 9.69 Å². The Morgan fingerprint density at radius 1 is 1.04 bits per heavy atom. The number of anilines is 1. The third-order valence-corrected chi connectivity index (χ3v) is 9.53. The lowest BCUT2D eigenvalue weighted by atomic mass is 9.78. The summed E-state index contributed by atoms with van der Waals surface area (Å²) in [6.45, 7) is 14.0. The van der Waals surface area contributed by atoms with Gasteiger partial charge in [-0.05, 0) is 116 Å². The fraction of sp³-hybridized carbons (Fsp3) is 0.543. The number of H-pyrrole nitrogens is 1. The van der Waals surface area contributed by atoms with Crippen LogP contribution in [0.5, 0.6) is 0 Å². The largest absolute Gasteiger partial charge is 0.494 e. The van der Waals surface area contributed by atoms with Crippen LogP contribution in [-0.2, 0) is 30.1 Å². The molecule has 11 nitrogen and oxygen atoms in total. The van der Waals surface area contributed by atoms with Gasteiger partial charge in [0.2, 0.25) is 5.91 Å². The van der Waals surface area contributed by atoms with Crippen LogP contribution in [0.3, 0.4) is 0 Å². The third kappa shape index (κ3) is 8.05. The van der Waals surface area contributed by atoms with E-state index < -0.39 is 42.0 Å². The Bertz CT molecular complexity index is 1570. The van der Waals surface area contributed by atoms with E-state index in [1.165, 1.54) is 4.90 Å². The van der Waals surface area contributed by atoms with E-state index in [1.54, 1.807) is 18.3 Å². The number of alkyl carbamates (subject to hydrolysis) is 1. The molecule has 0 unspecified atom stereocenters. The number of aromatic amines is 1. The molecule has 0 bridgehead atoms. The van der Waals surface area contributed by atoms with Crippen molar-refractivity contribution in [3.63, 3.8) is 0 Å². The highest BCUT2D eigenvalue weighted by Gasteiger charge is 2.51. The van der Waals surface area contributed by atoms with Gasteiger partial charge in [-0.3, -0.25) is 14.7 Å². The number of nitrogens with one attached hydrogen (secondary N) is 2. The van der Waals surface area contributed by atoms with E-state index in [9.17, 15) is 14.4 Å². The number of benzene rings is 2. The highest BCUT2D eigenvalue weighted by atomic mass is 16.7. The molecule has 4 N–H and O–H groups in total.